The Morgan fingerprint density at radius 1 is 1.08 bits per heavy atom. The molecule has 2 aliphatic rings. The van der Waals surface area contributed by atoms with E-state index in [0.717, 1.165) is 73.8 Å². The van der Waals surface area contributed by atoms with Crippen LogP contribution in [-0.2, 0) is 16.1 Å². The highest BCUT2D eigenvalue weighted by Crippen LogP contribution is 2.28. The van der Waals surface area contributed by atoms with Gasteiger partial charge in [-0.05, 0) is 76.5 Å². The van der Waals surface area contributed by atoms with Crippen LogP contribution in [0.5, 0.6) is 5.75 Å². The second kappa shape index (κ2) is 12.8. The average Bonchev–Trinajstić information content (AvgIpc) is 3.35. The van der Waals surface area contributed by atoms with Gasteiger partial charge in [-0.15, -0.1) is 0 Å². The lowest BCUT2D eigenvalue weighted by atomic mass is 9.94. The molecular formula is C29H40ClN3O4. The molecule has 0 unspecified atom stereocenters. The molecule has 1 amide bonds. The minimum absolute atomic E-state index is 0.0242. The number of aromatic nitrogens is 1. The Bertz CT molecular complexity index is 1000. The van der Waals surface area contributed by atoms with E-state index in [1.165, 1.54) is 0 Å². The van der Waals surface area contributed by atoms with Crippen LogP contribution in [0.3, 0.4) is 0 Å². The van der Waals surface area contributed by atoms with Crippen molar-refractivity contribution >= 4 is 23.4 Å². The van der Waals surface area contributed by atoms with Gasteiger partial charge in [0.1, 0.15) is 18.0 Å². The van der Waals surface area contributed by atoms with Gasteiger partial charge in [-0.1, -0.05) is 23.7 Å². The van der Waals surface area contributed by atoms with E-state index in [1.807, 2.05) is 51.2 Å². The molecule has 0 aliphatic carbocycles. The molecule has 0 saturated carbocycles. The van der Waals surface area contributed by atoms with E-state index >= 15 is 0 Å². The van der Waals surface area contributed by atoms with Crippen LogP contribution < -0.4 is 9.64 Å². The van der Waals surface area contributed by atoms with Crippen molar-refractivity contribution in [2.75, 3.05) is 37.7 Å². The zero-order valence-electron chi connectivity index (χ0n) is 22.3. The summed E-state index contributed by atoms with van der Waals surface area (Å²) in [6.07, 6.45) is 8.65. The number of nitrogens with zero attached hydrogens (tertiary/aromatic N) is 3. The lowest BCUT2D eigenvalue weighted by Gasteiger charge is -2.33. The van der Waals surface area contributed by atoms with Gasteiger partial charge in [0, 0.05) is 37.3 Å². The molecule has 3 heterocycles. The molecule has 7 nitrogen and oxygen atoms in total. The molecule has 0 bridgehead atoms. The Morgan fingerprint density at radius 2 is 1.84 bits per heavy atom. The number of likely N-dealkylation sites (tertiary alicyclic amines) is 1. The number of hydrogen-bond acceptors (Lipinski definition) is 6. The van der Waals surface area contributed by atoms with E-state index in [2.05, 4.69) is 16.0 Å². The number of piperidine rings is 1. The maximum absolute atomic E-state index is 12.5. The molecule has 1 atom stereocenters. The molecule has 0 spiro atoms. The lowest BCUT2D eigenvalue weighted by molar-refractivity contribution is 0.0187. The summed E-state index contributed by atoms with van der Waals surface area (Å²) < 4.78 is 17.6. The molecule has 2 aromatic rings. The van der Waals surface area contributed by atoms with Crippen molar-refractivity contribution in [1.29, 1.82) is 0 Å². The van der Waals surface area contributed by atoms with Crippen molar-refractivity contribution in [3.8, 4) is 5.75 Å². The Hall–Kier alpha value is -2.51. The third-order valence-electron chi connectivity index (χ3n) is 6.98. The zero-order chi connectivity index (χ0) is 26.3. The summed E-state index contributed by atoms with van der Waals surface area (Å²) in [7, 11) is 0. The van der Waals surface area contributed by atoms with E-state index in [1.54, 1.807) is 11.1 Å². The van der Waals surface area contributed by atoms with Crippen molar-refractivity contribution in [2.24, 2.45) is 5.92 Å². The monoisotopic (exact) mass is 529 g/mol. The van der Waals surface area contributed by atoms with Gasteiger partial charge in [0.2, 0.25) is 0 Å². The van der Waals surface area contributed by atoms with Crippen molar-refractivity contribution < 1.29 is 19.0 Å². The fourth-order valence-electron chi connectivity index (χ4n) is 4.92. The van der Waals surface area contributed by atoms with Gasteiger partial charge in [-0.2, -0.15) is 0 Å². The van der Waals surface area contributed by atoms with E-state index in [0.29, 0.717) is 25.7 Å². The minimum Gasteiger partial charge on any atom is -0.490 e. The molecular weight excluding hydrogens is 490 g/mol. The first-order valence-electron chi connectivity index (χ1n) is 13.4. The number of amides is 1. The minimum atomic E-state index is -0.499. The van der Waals surface area contributed by atoms with Crippen LogP contribution in [0, 0.1) is 5.92 Å². The summed E-state index contributed by atoms with van der Waals surface area (Å²) in [4.78, 5) is 21.1. The van der Waals surface area contributed by atoms with Crippen LogP contribution in [0.15, 0.2) is 42.7 Å². The predicted molar refractivity (Wildman–Crippen MR) is 146 cm³/mol. The Labute approximate surface area is 226 Å². The highest BCUT2D eigenvalue weighted by Gasteiger charge is 2.32. The van der Waals surface area contributed by atoms with Crippen LogP contribution in [0.4, 0.5) is 10.5 Å². The maximum Gasteiger partial charge on any atom is 0.410 e. The fourth-order valence-corrected chi connectivity index (χ4v) is 5.05. The third-order valence-corrected chi connectivity index (χ3v) is 7.23. The molecule has 37 heavy (non-hydrogen) atoms. The van der Waals surface area contributed by atoms with Crippen molar-refractivity contribution in [3.63, 3.8) is 0 Å². The first-order chi connectivity index (χ1) is 17.8. The Balaban J connectivity index is 1.19. The summed E-state index contributed by atoms with van der Waals surface area (Å²) in [5.41, 5.74) is 1.74. The summed E-state index contributed by atoms with van der Waals surface area (Å²) in [5.74, 6) is 1.42. The summed E-state index contributed by atoms with van der Waals surface area (Å²) in [6, 6.07) is 9.91. The topological polar surface area (TPSA) is 64.1 Å². The quantitative estimate of drug-likeness (QED) is 0.353. The molecule has 0 N–H and O–H groups in total. The van der Waals surface area contributed by atoms with E-state index in [4.69, 9.17) is 25.8 Å². The Morgan fingerprint density at radius 3 is 2.57 bits per heavy atom. The molecule has 2 fully saturated rings. The first-order valence-corrected chi connectivity index (χ1v) is 13.8. The molecule has 1 aromatic heterocycles. The lowest BCUT2D eigenvalue weighted by Crippen LogP contribution is -2.42. The van der Waals surface area contributed by atoms with Gasteiger partial charge in [-0.3, -0.25) is 4.98 Å². The largest absolute Gasteiger partial charge is 0.490 e. The number of rotatable bonds is 9. The molecule has 2 saturated heterocycles. The van der Waals surface area contributed by atoms with Crippen molar-refractivity contribution in [2.45, 2.75) is 71.1 Å². The molecule has 8 heteroatoms. The van der Waals surface area contributed by atoms with Gasteiger partial charge in [0.05, 0.1) is 30.7 Å². The standard InChI is InChI=1S/C29H40ClN3O4/c1-29(2,3)37-28(34)33-13-4-5-25(33)21-36-27-17-26(18-31-19-27)32-14-10-22(11-15-32)12-16-35-20-23-6-8-24(30)9-7-23/h6-9,17-19,22,25H,4-5,10-16,20-21H2,1-3H3/t25-/m0/s1. The fraction of sp³-hybridized carbons (Fsp3) is 0.586. The highest BCUT2D eigenvalue weighted by atomic mass is 35.5. The van der Waals surface area contributed by atoms with E-state index in [-0.39, 0.29) is 12.1 Å². The maximum atomic E-state index is 12.5. The van der Waals surface area contributed by atoms with Gasteiger partial charge >= 0.3 is 6.09 Å². The number of carbonyl (C=O) groups excluding carboxylic acids is 1. The molecule has 4 rings (SSSR count). The number of hydrogen-bond donors (Lipinski definition) is 0. The molecule has 0 radical (unpaired) electrons. The summed E-state index contributed by atoms with van der Waals surface area (Å²) in [5, 5.41) is 0.751. The number of anilines is 1. The second-order valence-electron chi connectivity index (χ2n) is 11.1. The Kier molecular flexibility index (Phi) is 9.54. The van der Waals surface area contributed by atoms with Crippen LogP contribution in [0.1, 0.15) is 58.4 Å². The third kappa shape index (κ3) is 8.50. The van der Waals surface area contributed by atoms with Gasteiger partial charge in [0.25, 0.3) is 0 Å². The smallest absolute Gasteiger partial charge is 0.410 e. The number of carbonyl (C=O) groups is 1. The number of benzene rings is 1. The summed E-state index contributed by atoms with van der Waals surface area (Å²) in [6.45, 7) is 10.2. The SMILES string of the molecule is CC(C)(C)OC(=O)N1CCC[C@H]1COc1cncc(N2CCC(CCOCc3ccc(Cl)cc3)CC2)c1. The van der Waals surface area contributed by atoms with Gasteiger partial charge in [-0.25, -0.2) is 4.79 Å². The van der Waals surface area contributed by atoms with Gasteiger partial charge < -0.3 is 24.0 Å². The first kappa shape index (κ1) is 27.5. The predicted octanol–water partition coefficient (Wildman–Crippen LogP) is 6.34. The van der Waals surface area contributed by atoms with E-state index < -0.39 is 5.60 Å². The molecule has 1 aromatic carbocycles. The number of ether oxygens (including phenoxy) is 3. The van der Waals surface area contributed by atoms with Crippen molar-refractivity contribution in [3.05, 3.63) is 53.3 Å². The summed E-state index contributed by atoms with van der Waals surface area (Å²) >= 11 is 5.94. The van der Waals surface area contributed by atoms with E-state index in [9.17, 15) is 4.79 Å². The normalized spacial score (nSPS) is 18.8. The zero-order valence-corrected chi connectivity index (χ0v) is 23.1. The van der Waals surface area contributed by atoms with Gasteiger partial charge in [0.15, 0.2) is 0 Å². The van der Waals surface area contributed by atoms with Crippen LogP contribution >= 0.6 is 11.6 Å². The second-order valence-corrected chi connectivity index (χ2v) is 11.5. The molecule has 2 aliphatic heterocycles. The number of pyridine rings is 1. The van der Waals surface area contributed by atoms with Crippen LogP contribution in [-0.4, -0.2) is 60.5 Å². The highest BCUT2D eigenvalue weighted by molar-refractivity contribution is 6.30. The van der Waals surface area contributed by atoms with Crippen molar-refractivity contribution in [1.82, 2.24) is 9.88 Å². The molecule has 202 valence electrons. The van der Waals surface area contributed by atoms with Crippen LogP contribution in [0.2, 0.25) is 5.02 Å². The van der Waals surface area contributed by atoms with Crippen LogP contribution in [0.25, 0.3) is 0 Å². The number of halogens is 1. The average molecular weight is 530 g/mol.